The molecule has 1 heterocycles. The second-order valence-electron chi connectivity index (χ2n) is 5.44. The van der Waals surface area contributed by atoms with Gasteiger partial charge in [-0.3, -0.25) is 14.6 Å². The van der Waals surface area contributed by atoms with Crippen LogP contribution >= 0.6 is 0 Å². The average molecular weight is 347 g/mol. The maximum atomic E-state index is 12.5. The van der Waals surface area contributed by atoms with Crippen molar-refractivity contribution >= 4 is 23.2 Å². The Hall–Kier alpha value is -3.67. The molecule has 0 saturated heterocycles. The van der Waals surface area contributed by atoms with Crippen molar-refractivity contribution in [2.24, 2.45) is 0 Å². The lowest BCUT2D eigenvalue weighted by atomic mass is 10.1. The SMILES string of the molecule is COc1ccccc1NC(=O)c1cncc(C(=O)Nc2ccccc2)c1. The number of rotatable bonds is 5. The molecule has 0 aliphatic heterocycles. The predicted octanol–water partition coefficient (Wildman–Crippen LogP) is 3.59. The summed E-state index contributed by atoms with van der Waals surface area (Å²) in [5.74, 6) is -0.168. The molecule has 2 amide bonds. The van der Waals surface area contributed by atoms with Gasteiger partial charge in [-0.2, -0.15) is 0 Å². The Bertz CT molecular complexity index is 926. The van der Waals surface area contributed by atoms with Gasteiger partial charge in [-0.25, -0.2) is 0 Å². The summed E-state index contributed by atoms with van der Waals surface area (Å²) in [5, 5.41) is 5.52. The molecule has 0 unspecified atom stereocenters. The monoisotopic (exact) mass is 347 g/mol. The number of benzene rings is 2. The van der Waals surface area contributed by atoms with Crippen molar-refractivity contribution in [1.82, 2.24) is 4.98 Å². The third-order valence-electron chi connectivity index (χ3n) is 3.65. The molecule has 26 heavy (non-hydrogen) atoms. The Labute approximate surface area is 150 Å². The van der Waals surface area contributed by atoms with Crippen LogP contribution in [0.5, 0.6) is 5.75 Å². The summed E-state index contributed by atoms with van der Waals surface area (Å²) in [4.78, 5) is 28.8. The quantitative estimate of drug-likeness (QED) is 0.739. The second-order valence-corrected chi connectivity index (χ2v) is 5.44. The Balaban J connectivity index is 1.76. The average Bonchev–Trinajstić information content (AvgIpc) is 2.69. The van der Waals surface area contributed by atoms with E-state index in [9.17, 15) is 9.59 Å². The topological polar surface area (TPSA) is 80.3 Å². The van der Waals surface area contributed by atoms with Crippen molar-refractivity contribution in [3.63, 3.8) is 0 Å². The summed E-state index contributed by atoms with van der Waals surface area (Å²) in [7, 11) is 1.53. The van der Waals surface area contributed by atoms with Gasteiger partial charge in [0.15, 0.2) is 0 Å². The predicted molar refractivity (Wildman–Crippen MR) is 99.6 cm³/mol. The molecule has 6 nitrogen and oxygen atoms in total. The molecule has 0 aliphatic rings. The van der Waals surface area contributed by atoms with Crippen LogP contribution in [0.2, 0.25) is 0 Å². The van der Waals surface area contributed by atoms with Crippen LogP contribution in [-0.4, -0.2) is 23.9 Å². The molecule has 6 heteroatoms. The van der Waals surface area contributed by atoms with Crippen molar-refractivity contribution < 1.29 is 14.3 Å². The van der Waals surface area contributed by atoms with Crippen LogP contribution in [-0.2, 0) is 0 Å². The first kappa shape index (κ1) is 17.2. The summed E-state index contributed by atoms with van der Waals surface area (Å²) in [6, 6.07) is 17.7. The third-order valence-corrected chi connectivity index (χ3v) is 3.65. The molecule has 0 atom stereocenters. The van der Waals surface area contributed by atoms with E-state index in [4.69, 9.17) is 4.74 Å². The smallest absolute Gasteiger partial charge is 0.257 e. The van der Waals surface area contributed by atoms with Gasteiger partial charge in [0, 0.05) is 18.1 Å². The van der Waals surface area contributed by atoms with Crippen LogP contribution in [0.15, 0.2) is 73.1 Å². The van der Waals surface area contributed by atoms with E-state index < -0.39 is 0 Å². The fourth-order valence-corrected chi connectivity index (χ4v) is 2.36. The first-order chi connectivity index (χ1) is 12.7. The van der Waals surface area contributed by atoms with Gasteiger partial charge in [-0.15, -0.1) is 0 Å². The molecule has 2 N–H and O–H groups in total. The van der Waals surface area contributed by atoms with Crippen LogP contribution in [0.1, 0.15) is 20.7 Å². The Morgan fingerprint density at radius 3 is 2.15 bits per heavy atom. The maximum absolute atomic E-state index is 12.5. The van der Waals surface area contributed by atoms with E-state index in [2.05, 4.69) is 15.6 Å². The zero-order valence-corrected chi connectivity index (χ0v) is 14.1. The lowest BCUT2D eigenvalue weighted by Crippen LogP contribution is -2.16. The fraction of sp³-hybridized carbons (Fsp3) is 0.0500. The zero-order chi connectivity index (χ0) is 18.4. The third kappa shape index (κ3) is 4.05. The Kier molecular flexibility index (Phi) is 5.24. The van der Waals surface area contributed by atoms with Gasteiger partial charge in [0.2, 0.25) is 0 Å². The van der Waals surface area contributed by atoms with E-state index in [1.54, 1.807) is 30.3 Å². The highest BCUT2D eigenvalue weighted by Gasteiger charge is 2.13. The molecular formula is C20H17N3O3. The summed E-state index contributed by atoms with van der Waals surface area (Å²) >= 11 is 0. The van der Waals surface area contributed by atoms with Crippen molar-refractivity contribution in [3.8, 4) is 5.75 Å². The van der Waals surface area contributed by atoms with Gasteiger partial charge in [-0.05, 0) is 30.3 Å². The summed E-state index contributed by atoms with van der Waals surface area (Å²) in [5.41, 5.74) is 1.78. The van der Waals surface area contributed by atoms with Crippen molar-refractivity contribution in [2.45, 2.75) is 0 Å². The first-order valence-electron chi connectivity index (χ1n) is 7.93. The normalized spacial score (nSPS) is 10.0. The minimum absolute atomic E-state index is 0.275. The van der Waals surface area contributed by atoms with Crippen molar-refractivity contribution in [2.75, 3.05) is 17.7 Å². The molecule has 0 spiro atoms. The molecule has 0 saturated carbocycles. The van der Waals surface area contributed by atoms with E-state index in [0.29, 0.717) is 22.7 Å². The number of hydrogen-bond acceptors (Lipinski definition) is 4. The van der Waals surface area contributed by atoms with Crippen LogP contribution in [0.25, 0.3) is 0 Å². The van der Waals surface area contributed by atoms with E-state index in [0.717, 1.165) is 0 Å². The van der Waals surface area contributed by atoms with Crippen molar-refractivity contribution in [1.29, 1.82) is 0 Å². The molecular weight excluding hydrogens is 330 g/mol. The van der Waals surface area contributed by atoms with Crippen molar-refractivity contribution in [3.05, 3.63) is 84.2 Å². The molecule has 0 radical (unpaired) electrons. The number of anilines is 2. The van der Waals surface area contributed by atoms with E-state index in [-0.39, 0.29) is 17.4 Å². The highest BCUT2D eigenvalue weighted by Crippen LogP contribution is 2.23. The standard InChI is InChI=1S/C20H17N3O3/c1-26-18-10-6-5-9-17(18)23-20(25)15-11-14(12-21-13-15)19(24)22-16-7-3-2-4-8-16/h2-13H,1H3,(H,22,24)(H,23,25). The summed E-state index contributed by atoms with van der Waals surface area (Å²) in [6.07, 6.45) is 2.82. The summed E-state index contributed by atoms with van der Waals surface area (Å²) in [6.45, 7) is 0. The van der Waals surface area contributed by atoms with Gasteiger partial charge in [-0.1, -0.05) is 30.3 Å². The molecule has 0 bridgehead atoms. The number of carbonyl (C=O) groups is 2. The zero-order valence-electron chi connectivity index (χ0n) is 14.1. The van der Waals surface area contributed by atoms with Gasteiger partial charge in [0.05, 0.1) is 23.9 Å². The van der Waals surface area contributed by atoms with E-state index in [1.165, 1.54) is 25.6 Å². The highest BCUT2D eigenvalue weighted by molar-refractivity contribution is 6.08. The van der Waals surface area contributed by atoms with Gasteiger partial charge in [0.25, 0.3) is 11.8 Å². The van der Waals surface area contributed by atoms with Crippen LogP contribution in [0.4, 0.5) is 11.4 Å². The van der Waals surface area contributed by atoms with Crippen LogP contribution < -0.4 is 15.4 Å². The van der Waals surface area contributed by atoms with Crippen LogP contribution in [0, 0.1) is 0 Å². The lowest BCUT2D eigenvalue weighted by Gasteiger charge is -2.10. The van der Waals surface area contributed by atoms with Crippen LogP contribution in [0.3, 0.4) is 0 Å². The van der Waals surface area contributed by atoms with Gasteiger partial charge >= 0.3 is 0 Å². The Morgan fingerprint density at radius 1 is 0.846 bits per heavy atom. The molecule has 2 aromatic carbocycles. The first-order valence-corrected chi connectivity index (χ1v) is 7.93. The van der Waals surface area contributed by atoms with Gasteiger partial charge in [0.1, 0.15) is 5.75 Å². The number of carbonyl (C=O) groups excluding carboxylic acids is 2. The lowest BCUT2D eigenvalue weighted by molar-refractivity contribution is 0.102. The van der Waals surface area contributed by atoms with Gasteiger partial charge < -0.3 is 15.4 Å². The number of methoxy groups -OCH3 is 1. The number of ether oxygens (including phenoxy) is 1. The molecule has 0 fully saturated rings. The maximum Gasteiger partial charge on any atom is 0.257 e. The molecule has 3 rings (SSSR count). The number of nitrogens with zero attached hydrogens (tertiary/aromatic N) is 1. The molecule has 0 aliphatic carbocycles. The van der Waals surface area contributed by atoms with E-state index >= 15 is 0 Å². The molecule has 130 valence electrons. The minimum atomic E-state index is -0.378. The highest BCUT2D eigenvalue weighted by atomic mass is 16.5. The fourth-order valence-electron chi connectivity index (χ4n) is 2.36. The van der Waals surface area contributed by atoms with E-state index in [1.807, 2.05) is 24.3 Å². The molecule has 3 aromatic rings. The Morgan fingerprint density at radius 2 is 1.46 bits per heavy atom. The number of amides is 2. The largest absolute Gasteiger partial charge is 0.495 e. The summed E-state index contributed by atoms with van der Waals surface area (Å²) < 4.78 is 5.22. The number of aromatic nitrogens is 1. The molecule has 1 aromatic heterocycles. The number of hydrogen-bond donors (Lipinski definition) is 2. The second kappa shape index (κ2) is 7.94. The number of nitrogens with one attached hydrogen (secondary N) is 2. The number of para-hydroxylation sites is 3. The minimum Gasteiger partial charge on any atom is -0.495 e. The number of pyridine rings is 1.